The molecule has 5 rings (SSSR count). The summed E-state index contributed by atoms with van der Waals surface area (Å²) >= 11 is 0. The number of alkyl halides is 3. The second kappa shape index (κ2) is 11.2. The molecule has 0 unspecified atom stereocenters. The van der Waals surface area contributed by atoms with Crippen molar-refractivity contribution in [1.29, 1.82) is 5.26 Å². The third-order valence-electron chi connectivity index (χ3n) is 5.80. The summed E-state index contributed by atoms with van der Waals surface area (Å²) in [5.41, 5.74) is -0.416. The Morgan fingerprint density at radius 1 is 0.976 bits per heavy atom. The van der Waals surface area contributed by atoms with Crippen LogP contribution in [0.4, 0.5) is 13.2 Å². The molecule has 0 aliphatic heterocycles. The molecule has 0 radical (unpaired) electrons. The number of aromatic nitrogens is 4. The molecule has 3 aromatic carbocycles. The Kier molecular flexibility index (Phi) is 7.34. The molecule has 0 atom stereocenters. The lowest BCUT2D eigenvalue weighted by molar-refractivity contribution is -0.143. The number of benzene rings is 3. The van der Waals surface area contributed by atoms with E-state index in [0.717, 1.165) is 5.56 Å². The molecule has 0 fully saturated rings. The number of rotatable bonds is 8. The summed E-state index contributed by atoms with van der Waals surface area (Å²) < 4.78 is 53.2. The molecule has 0 saturated carbocycles. The van der Waals surface area contributed by atoms with Crippen molar-refractivity contribution < 1.29 is 32.5 Å². The molecule has 0 bridgehead atoms. The molecule has 0 aliphatic carbocycles. The average Bonchev–Trinajstić information content (AvgIpc) is 3.44. The van der Waals surface area contributed by atoms with Gasteiger partial charge in [0.15, 0.2) is 5.69 Å². The van der Waals surface area contributed by atoms with Gasteiger partial charge in [-0.15, -0.1) is 0 Å². The zero-order valence-corrected chi connectivity index (χ0v) is 20.9. The fourth-order valence-electron chi connectivity index (χ4n) is 3.88. The molecule has 5 aromatic rings. The van der Waals surface area contributed by atoms with Crippen molar-refractivity contribution in [1.82, 2.24) is 19.7 Å². The monoisotopic (exact) mass is 557 g/mol. The van der Waals surface area contributed by atoms with Crippen LogP contribution in [-0.4, -0.2) is 30.8 Å². The van der Waals surface area contributed by atoms with Gasteiger partial charge in [0, 0.05) is 11.8 Å². The van der Waals surface area contributed by atoms with E-state index in [1.165, 1.54) is 12.3 Å². The van der Waals surface area contributed by atoms with Crippen molar-refractivity contribution in [2.75, 3.05) is 0 Å². The highest BCUT2D eigenvalue weighted by molar-refractivity contribution is 5.89. The largest absolute Gasteiger partial charge is 0.488 e. The molecule has 0 aliphatic rings. The topological polar surface area (TPSA) is 123 Å². The minimum atomic E-state index is -5.01. The minimum absolute atomic E-state index is 0.172. The van der Waals surface area contributed by atoms with Crippen LogP contribution in [-0.2, 0) is 12.8 Å². The first-order valence-corrected chi connectivity index (χ1v) is 11.9. The van der Waals surface area contributed by atoms with E-state index in [0.29, 0.717) is 39.3 Å². The van der Waals surface area contributed by atoms with Crippen LogP contribution in [0.2, 0.25) is 0 Å². The number of aromatic carboxylic acids is 1. The zero-order chi connectivity index (χ0) is 29.0. The lowest BCUT2D eigenvalue weighted by Gasteiger charge is -2.13. The number of para-hydroxylation sites is 1. The fraction of sp³-hybridized carbons (Fsp3) is 0.0690. The quantitative estimate of drug-likeness (QED) is 0.236. The van der Waals surface area contributed by atoms with Crippen LogP contribution in [0.1, 0.15) is 27.2 Å². The Morgan fingerprint density at radius 3 is 2.32 bits per heavy atom. The van der Waals surface area contributed by atoms with Gasteiger partial charge in [0.2, 0.25) is 0 Å². The molecular formula is C29H18F3N5O4. The van der Waals surface area contributed by atoms with Gasteiger partial charge in [-0.1, -0.05) is 24.3 Å². The molecule has 12 heteroatoms. The van der Waals surface area contributed by atoms with Crippen LogP contribution < -0.4 is 9.47 Å². The van der Waals surface area contributed by atoms with Gasteiger partial charge in [-0.05, 0) is 60.2 Å². The van der Waals surface area contributed by atoms with Crippen LogP contribution in [0.25, 0.3) is 17.2 Å². The molecule has 41 heavy (non-hydrogen) atoms. The Labute approximate surface area is 230 Å². The highest BCUT2D eigenvalue weighted by Gasteiger charge is 2.41. The van der Waals surface area contributed by atoms with Gasteiger partial charge in [0.1, 0.15) is 29.4 Å². The van der Waals surface area contributed by atoms with Gasteiger partial charge in [-0.25, -0.2) is 14.8 Å². The summed E-state index contributed by atoms with van der Waals surface area (Å²) in [6.45, 7) is 0.172. The predicted octanol–water partition coefficient (Wildman–Crippen LogP) is 6.29. The fourth-order valence-corrected chi connectivity index (χ4v) is 3.88. The summed E-state index contributed by atoms with van der Waals surface area (Å²) in [6, 6.07) is 24.3. The van der Waals surface area contributed by atoms with Gasteiger partial charge >= 0.3 is 12.1 Å². The maximum absolute atomic E-state index is 13.7. The third-order valence-corrected chi connectivity index (χ3v) is 5.80. The van der Waals surface area contributed by atoms with Crippen molar-refractivity contribution in [2.45, 2.75) is 12.8 Å². The number of hydrogen-bond donors (Lipinski definition) is 1. The molecular weight excluding hydrogens is 539 g/mol. The summed E-state index contributed by atoms with van der Waals surface area (Å²) in [5.74, 6) is -0.627. The van der Waals surface area contributed by atoms with Crippen molar-refractivity contribution in [2.24, 2.45) is 0 Å². The maximum Gasteiger partial charge on any atom is 0.434 e. The van der Waals surface area contributed by atoms with Crippen LogP contribution in [0, 0.1) is 11.3 Å². The van der Waals surface area contributed by atoms with Gasteiger partial charge in [-0.3, -0.25) is 0 Å². The normalized spacial score (nSPS) is 11.1. The zero-order valence-electron chi connectivity index (χ0n) is 20.9. The number of ether oxygens (including phenoxy) is 2. The van der Waals surface area contributed by atoms with Gasteiger partial charge in [0.25, 0.3) is 5.95 Å². The number of carboxylic acids is 1. The first-order chi connectivity index (χ1) is 19.7. The van der Waals surface area contributed by atoms with Crippen LogP contribution in [0.15, 0.2) is 91.3 Å². The Morgan fingerprint density at radius 2 is 1.66 bits per heavy atom. The SMILES string of the molecule is N#Cc1ccc(Oc2ccc(COc3ccccc3-c3ccnc(-n4ncc(C(=O)O)c4C(F)(F)F)n3)cc2)cc1. The summed E-state index contributed by atoms with van der Waals surface area (Å²) in [7, 11) is 0. The molecule has 204 valence electrons. The Hall–Kier alpha value is -5.70. The van der Waals surface area contributed by atoms with E-state index in [9.17, 15) is 23.1 Å². The number of nitrogens with zero attached hydrogens (tertiary/aromatic N) is 5. The smallest absolute Gasteiger partial charge is 0.434 e. The summed E-state index contributed by atoms with van der Waals surface area (Å²) in [6.07, 6.45) is -3.14. The molecule has 0 spiro atoms. The summed E-state index contributed by atoms with van der Waals surface area (Å²) in [5, 5.41) is 21.7. The molecule has 0 saturated heterocycles. The number of carboxylic acid groups (broad SMARTS) is 1. The van der Waals surface area contributed by atoms with Gasteiger partial charge in [-0.2, -0.15) is 28.2 Å². The second-order valence-electron chi connectivity index (χ2n) is 8.53. The van der Waals surface area contributed by atoms with E-state index in [1.807, 2.05) is 18.2 Å². The highest BCUT2D eigenvalue weighted by Crippen LogP contribution is 2.34. The number of halogens is 3. The summed E-state index contributed by atoms with van der Waals surface area (Å²) in [4.78, 5) is 19.4. The van der Waals surface area contributed by atoms with E-state index in [4.69, 9.17) is 14.7 Å². The maximum atomic E-state index is 13.7. The second-order valence-corrected chi connectivity index (χ2v) is 8.53. The first-order valence-electron chi connectivity index (χ1n) is 11.9. The standard InChI is InChI=1S/C29H18F3N5O4/c30-29(31,32)26-23(27(38)39)16-35-37(26)28-34-14-13-24(36-28)22-3-1-2-4-25(22)40-17-19-7-11-21(12-8-19)41-20-9-5-18(15-33)6-10-20/h1-14,16H,17H2,(H,38,39). The van der Waals surface area contributed by atoms with Gasteiger partial charge < -0.3 is 14.6 Å². The lowest BCUT2D eigenvalue weighted by Crippen LogP contribution is -2.18. The average molecular weight is 557 g/mol. The van der Waals surface area contributed by atoms with E-state index < -0.39 is 29.4 Å². The Balaban J connectivity index is 1.35. The van der Waals surface area contributed by atoms with E-state index in [1.54, 1.807) is 60.7 Å². The van der Waals surface area contributed by atoms with E-state index >= 15 is 0 Å². The lowest BCUT2D eigenvalue weighted by atomic mass is 10.1. The van der Waals surface area contributed by atoms with E-state index in [2.05, 4.69) is 15.1 Å². The molecule has 1 N–H and O–H groups in total. The molecule has 0 amide bonds. The van der Waals surface area contributed by atoms with Crippen LogP contribution >= 0.6 is 0 Å². The van der Waals surface area contributed by atoms with Crippen molar-refractivity contribution in [3.05, 3.63) is 114 Å². The highest BCUT2D eigenvalue weighted by atomic mass is 19.4. The van der Waals surface area contributed by atoms with Crippen molar-refractivity contribution in [3.63, 3.8) is 0 Å². The minimum Gasteiger partial charge on any atom is -0.488 e. The van der Waals surface area contributed by atoms with Crippen LogP contribution in [0.5, 0.6) is 17.2 Å². The van der Waals surface area contributed by atoms with Crippen LogP contribution in [0.3, 0.4) is 0 Å². The predicted molar refractivity (Wildman–Crippen MR) is 139 cm³/mol. The van der Waals surface area contributed by atoms with Crippen molar-refractivity contribution in [3.8, 4) is 40.5 Å². The number of nitriles is 1. The number of carbonyl (C=O) groups is 1. The Bertz CT molecular complexity index is 1740. The molecule has 2 heterocycles. The van der Waals surface area contributed by atoms with Gasteiger partial charge in [0.05, 0.1) is 23.5 Å². The van der Waals surface area contributed by atoms with E-state index in [-0.39, 0.29) is 12.3 Å². The number of hydrogen-bond acceptors (Lipinski definition) is 7. The molecule has 9 nitrogen and oxygen atoms in total. The molecule has 2 aromatic heterocycles. The van der Waals surface area contributed by atoms with Crippen molar-refractivity contribution >= 4 is 5.97 Å². The third kappa shape index (κ3) is 5.99. The first kappa shape index (κ1) is 26.9.